The fourth-order valence-corrected chi connectivity index (χ4v) is 7.82. The van der Waals surface area contributed by atoms with Gasteiger partial charge in [0.15, 0.2) is 5.78 Å². The monoisotopic (exact) mass is 621 g/mol. The number of nitrogens with zero attached hydrogens (tertiary/aromatic N) is 1. The smallest absolute Gasteiger partial charge is 0.407 e. The van der Waals surface area contributed by atoms with Crippen molar-refractivity contribution in [2.45, 2.75) is 91.3 Å². The topological polar surface area (TPSA) is 103 Å². The molecule has 9 heteroatoms. The molecule has 3 aliphatic rings. The quantitative estimate of drug-likeness (QED) is 0.222. The largest absolute Gasteiger partial charge is 0.488 e. The lowest BCUT2D eigenvalue weighted by atomic mass is 9.54. The molecule has 4 aromatic rings. The van der Waals surface area contributed by atoms with Gasteiger partial charge in [-0.3, -0.25) is 4.79 Å². The number of fused-ring (bicyclic) bond motifs is 7. The molecule has 1 saturated carbocycles. The zero-order valence-corrected chi connectivity index (χ0v) is 28.0. The zero-order valence-electron chi connectivity index (χ0n) is 28.0. The molecule has 7 rings (SSSR count). The Morgan fingerprint density at radius 3 is 2.52 bits per heavy atom. The number of ketones is 1. The third kappa shape index (κ3) is 4.98. The maximum atomic E-state index is 13.7. The van der Waals surface area contributed by atoms with Crippen LogP contribution in [0.5, 0.6) is 5.75 Å². The van der Waals surface area contributed by atoms with Gasteiger partial charge < -0.3 is 24.4 Å². The van der Waals surface area contributed by atoms with E-state index in [0.717, 1.165) is 64.5 Å². The van der Waals surface area contributed by atoms with E-state index >= 15 is 0 Å². The van der Waals surface area contributed by atoms with Gasteiger partial charge in [0, 0.05) is 28.2 Å². The van der Waals surface area contributed by atoms with Gasteiger partial charge in [0.1, 0.15) is 18.2 Å². The SMILES string of the molecule is COC(=O)N[C@H](C(=O)C1CCC[C@H]1c1nc2c(ccc3c4c(ccc32)-c2ccc(B3CC(C)(C)C(C)(C)O3)cc2CO4)[nH]1)C(C)C. The first kappa shape index (κ1) is 30.8. The normalized spacial score (nSPS) is 22.0. The number of aromatic nitrogens is 2. The minimum Gasteiger partial charge on any atom is -0.488 e. The lowest BCUT2D eigenvalue weighted by Gasteiger charge is -2.34. The van der Waals surface area contributed by atoms with Crippen LogP contribution >= 0.6 is 0 Å². The third-order valence-electron chi connectivity index (χ3n) is 11.2. The molecule has 2 fully saturated rings. The Labute approximate surface area is 271 Å². The highest BCUT2D eigenvalue weighted by atomic mass is 16.5. The van der Waals surface area contributed by atoms with E-state index < -0.39 is 12.1 Å². The molecule has 1 saturated heterocycles. The Balaban J connectivity index is 1.19. The maximum absolute atomic E-state index is 13.7. The number of rotatable bonds is 6. The first-order valence-electron chi connectivity index (χ1n) is 16.7. The van der Waals surface area contributed by atoms with Crippen LogP contribution in [-0.2, 0) is 20.8 Å². The second-order valence-electron chi connectivity index (χ2n) is 14.9. The van der Waals surface area contributed by atoms with Crippen LogP contribution in [0.25, 0.3) is 32.9 Å². The average molecular weight is 622 g/mol. The van der Waals surface area contributed by atoms with Crippen molar-refractivity contribution >= 4 is 46.1 Å². The van der Waals surface area contributed by atoms with Crippen LogP contribution in [0.2, 0.25) is 6.32 Å². The third-order valence-corrected chi connectivity index (χ3v) is 11.2. The van der Waals surface area contributed by atoms with E-state index in [1.54, 1.807) is 0 Å². The Morgan fingerprint density at radius 2 is 1.80 bits per heavy atom. The molecule has 3 aromatic carbocycles. The van der Waals surface area contributed by atoms with Crippen molar-refractivity contribution < 1.29 is 23.7 Å². The molecular weight excluding hydrogens is 577 g/mol. The van der Waals surface area contributed by atoms with Crippen molar-refractivity contribution in [1.29, 1.82) is 0 Å². The summed E-state index contributed by atoms with van der Waals surface area (Å²) < 4.78 is 17.8. The summed E-state index contributed by atoms with van der Waals surface area (Å²) >= 11 is 0. The number of hydrogen-bond donors (Lipinski definition) is 2. The number of ether oxygens (including phenoxy) is 2. The fraction of sp³-hybridized carbons (Fsp3) is 0.486. The summed E-state index contributed by atoms with van der Waals surface area (Å²) in [6, 6.07) is 14.6. The molecule has 1 amide bonds. The standard InChI is InChI=1S/C37H44BN3O5/c1-20(2)30(41-35(43)44-7)32(42)25-9-8-10-28(25)34-39-29-16-15-27-24(31(29)40-34)13-14-26-23-12-11-22(17-21(23)18-45-33(26)27)38-19-36(3,4)37(5,6)46-38/h11-17,20,25,28,30H,8-10,18-19H2,1-7H3,(H,39,40)(H,41,43)/t25?,28-,30+/m1/s1. The van der Waals surface area contributed by atoms with Crippen molar-refractivity contribution in [1.82, 2.24) is 15.3 Å². The summed E-state index contributed by atoms with van der Waals surface area (Å²) in [5.74, 6) is 1.45. The van der Waals surface area contributed by atoms with E-state index in [9.17, 15) is 9.59 Å². The van der Waals surface area contributed by atoms with E-state index in [0.29, 0.717) is 6.61 Å². The van der Waals surface area contributed by atoms with E-state index in [1.807, 2.05) is 13.8 Å². The lowest BCUT2D eigenvalue weighted by molar-refractivity contribution is -0.126. The Kier molecular flexibility index (Phi) is 7.46. The van der Waals surface area contributed by atoms with Crippen molar-refractivity contribution in [3.63, 3.8) is 0 Å². The Bertz CT molecular complexity index is 1840. The lowest BCUT2D eigenvalue weighted by Crippen LogP contribution is -2.47. The molecule has 2 N–H and O–H groups in total. The number of aromatic amines is 1. The number of Topliss-reactive ketones (excluding diaryl/α,β-unsaturated/α-hetero) is 1. The van der Waals surface area contributed by atoms with Crippen LogP contribution in [0, 0.1) is 17.3 Å². The van der Waals surface area contributed by atoms with Crippen LogP contribution in [0.4, 0.5) is 4.79 Å². The number of methoxy groups -OCH3 is 1. The number of benzene rings is 3. The summed E-state index contributed by atoms with van der Waals surface area (Å²) in [7, 11) is 1.32. The number of carbonyl (C=O) groups excluding carboxylic acids is 2. The van der Waals surface area contributed by atoms with E-state index in [2.05, 4.69) is 80.5 Å². The summed E-state index contributed by atoms with van der Waals surface area (Å²) in [4.78, 5) is 34.4. The first-order valence-corrected chi connectivity index (χ1v) is 16.7. The average Bonchev–Trinajstić information content (AvgIpc) is 3.74. The number of carbonyl (C=O) groups is 2. The molecule has 1 aliphatic carbocycles. The van der Waals surface area contributed by atoms with Gasteiger partial charge in [-0.1, -0.05) is 58.4 Å². The van der Waals surface area contributed by atoms with Gasteiger partial charge in [-0.05, 0) is 79.1 Å². The van der Waals surface area contributed by atoms with Gasteiger partial charge in [-0.15, -0.1) is 0 Å². The minimum absolute atomic E-state index is 0.0365. The van der Waals surface area contributed by atoms with Gasteiger partial charge in [-0.25, -0.2) is 9.78 Å². The van der Waals surface area contributed by atoms with Crippen molar-refractivity contribution in [2.75, 3.05) is 7.11 Å². The molecule has 1 unspecified atom stereocenters. The molecule has 0 bridgehead atoms. The van der Waals surface area contributed by atoms with Crippen LogP contribution in [0.1, 0.15) is 78.1 Å². The number of hydrogen-bond acceptors (Lipinski definition) is 6. The van der Waals surface area contributed by atoms with Crippen LogP contribution in [-0.4, -0.2) is 47.5 Å². The Morgan fingerprint density at radius 1 is 1.04 bits per heavy atom. The number of imidazole rings is 1. The first-order chi connectivity index (χ1) is 21.9. The number of nitrogens with one attached hydrogen (secondary N) is 2. The highest BCUT2D eigenvalue weighted by Crippen LogP contribution is 2.47. The van der Waals surface area contributed by atoms with Gasteiger partial charge in [-0.2, -0.15) is 0 Å². The van der Waals surface area contributed by atoms with Crippen molar-refractivity contribution in [3.05, 3.63) is 53.9 Å². The van der Waals surface area contributed by atoms with Crippen molar-refractivity contribution in [3.8, 4) is 16.9 Å². The number of alkyl carbamates (subject to hydrolysis) is 1. The molecule has 3 heterocycles. The minimum atomic E-state index is -0.602. The van der Waals surface area contributed by atoms with Crippen LogP contribution in [0.15, 0.2) is 42.5 Å². The molecule has 240 valence electrons. The second kappa shape index (κ2) is 11.1. The van der Waals surface area contributed by atoms with E-state index in [4.69, 9.17) is 19.1 Å². The van der Waals surface area contributed by atoms with Gasteiger partial charge in [0.05, 0.1) is 29.8 Å². The molecule has 0 spiro atoms. The van der Waals surface area contributed by atoms with E-state index in [-0.39, 0.29) is 41.5 Å². The van der Waals surface area contributed by atoms with Crippen LogP contribution in [0.3, 0.4) is 0 Å². The molecule has 2 aliphatic heterocycles. The summed E-state index contributed by atoms with van der Waals surface area (Å²) in [5.41, 5.74) is 6.41. The Hall–Kier alpha value is -3.85. The van der Waals surface area contributed by atoms with Gasteiger partial charge in [0.25, 0.3) is 0 Å². The van der Waals surface area contributed by atoms with Crippen molar-refractivity contribution in [2.24, 2.45) is 17.3 Å². The summed E-state index contributed by atoms with van der Waals surface area (Å²) in [5, 5.41) is 4.82. The predicted molar refractivity (Wildman–Crippen MR) is 182 cm³/mol. The summed E-state index contributed by atoms with van der Waals surface area (Å²) in [6.45, 7) is 13.4. The number of H-pyrrole nitrogens is 1. The highest BCUT2D eigenvalue weighted by molar-refractivity contribution is 6.68. The van der Waals surface area contributed by atoms with E-state index in [1.165, 1.54) is 23.7 Å². The molecule has 46 heavy (non-hydrogen) atoms. The zero-order chi connectivity index (χ0) is 32.5. The second-order valence-corrected chi connectivity index (χ2v) is 14.9. The molecule has 1 aromatic heterocycles. The summed E-state index contributed by atoms with van der Waals surface area (Å²) in [6.07, 6.45) is 2.99. The predicted octanol–water partition coefficient (Wildman–Crippen LogP) is 7.14. The van der Waals surface area contributed by atoms with Gasteiger partial charge in [0.2, 0.25) is 0 Å². The van der Waals surface area contributed by atoms with Crippen LogP contribution < -0.4 is 15.5 Å². The van der Waals surface area contributed by atoms with Gasteiger partial charge >= 0.3 is 13.0 Å². The molecule has 0 radical (unpaired) electrons. The highest BCUT2D eigenvalue weighted by Gasteiger charge is 2.50. The molecule has 8 nitrogen and oxygen atoms in total. The molecular formula is C37H44BN3O5. The maximum Gasteiger partial charge on any atom is 0.407 e. The molecule has 3 atom stereocenters. The number of amides is 1. The fourth-order valence-electron chi connectivity index (χ4n) is 7.82.